The quantitative estimate of drug-likeness (QED) is 0.463. The fourth-order valence-electron chi connectivity index (χ4n) is 5.32. The number of likely N-dealkylation sites (tertiary alicyclic amines) is 1. The summed E-state index contributed by atoms with van der Waals surface area (Å²) >= 11 is 0. The molecule has 0 saturated carbocycles. The molecular formula is C18H37N5O2+2. The molecule has 144 valence electrons. The summed E-state index contributed by atoms with van der Waals surface area (Å²) in [4.78, 5) is 10.3. The molecule has 6 atom stereocenters. The van der Waals surface area contributed by atoms with Gasteiger partial charge in [-0.25, -0.2) is 4.90 Å². The van der Waals surface area contributed by atoms with Crippen LogP contribution in [0.3, 0.4) is 0 Å². The Morgan fingerprint density at radius 1 is 1.20 bits per heavy atom. The van der Waals surface area contributed by atoms with E-state index in [0.717, 1.165) is 26.3 Å². The molecule has 6 unspecified atom stereocenters. The number of morpholine rings is 1. The highest BCUT2D eigenvalue weighted by Gasteiger charge is 2.44. The summed E-state index contributed by atoms with van der Waals surface area (Å²) in [5.41, 5.74) is 3.35. The molecule has 25 heavy (non-hydrogen) atoms. The van der Waals surface area contributed by atoms with Crippen molar-refractivity contribution in [1.82, 2.24) is 15.7 Å². The van der Waals surface area contributed by atoms with Gasteiger partial charge in [-0.2, -0.15) is 5.48 Å². The van der Waals surface area contributed by atoms with Gasteiger partial charge in [0, 0.05) is 44.7 Å². The highest BCUT2D eigenvalue weighted by molar-refractivity contribution is 4.85. The van der Waals surface area contributed by atoms with Crippen molar-refractivity contribution in [3.8, 4) is 0 Å². The Labute approximate surface area is 151 Å². The first-order valence-corrected chi connectivity index (χ1v) is 10.4. The molecule has 4 heterocycles. The summed E-state index contributed by atoms with van der Waals surface area (Å²) < 4.78 is 5.51. The molecular weight excluding hydrogens is 318 g/mol. The molecule has 0 aromatic carbocycles. The van der Waals surface area contributed by atoms with Crippen molar-refractivity contribution < 1.29 is 19.8 Å². The second-order valence-electron chi connectivity index (χ2n) is 8.55. The van der Waals surface area contributed by atoms with E-state index >= 15 is 0 Å². The third-order valence-corrected chi connectivity index (χ3v) is 6.74. The first kappa shape index (κ1) is 18.1. The molecule has 0 amide bonds. The second kappa shape index (κ2) is 8.17. The molecule has 4 saturated heterocycles. The molecule has 4 rings (SSSR count). The van der Waals surface area contributed by atoms with E-state index in [-0.39, 0.29) is 6.23 Å². The maximum atomic E-state index is 6.04. The third-order valence-electron chi connectivity index (χ3n) is 6.74. The first-order valence-electron chi connectivity index (χ1n) is 10.4. The zero-order valence-electron chi connectivity index (χ0n) is 15.9. The van der Waals surface area contributed by atoms with E-state index in [1.807, 2.05) is 0 Å². The highest BCUT2D eigenvalue weighted by atomic mass is 16.7. The SMILES string of the molecule is CC(C)[NH+]1CCCC1C1NC(C2CC[NH2+]C(N3CCOCC3)C2)NO1. The molecule has 7 heteroatoms. The monoisotopic (exact) mass is 355 g/mol. The number of rotatable bonds is 4. The molecule has 0 spiro atoms. The van der Waals surface area contributed by atoms with E-state index in [0.29, 0.717) is 30.3 Å². The maximum Gasteiger partial charge on any atom is 0.183 e. The molecule has 0 radical (unpaired) electrons. The lowest BCUT2D eigenvalue weighted by Gasteiger charge is -2.38. The Hall–Kier alpha value is -0.280. The number of hydrogen-bond acceptors (Lipinski definition) is 5. The molecule has 4 fully saturated rings. The second-order valence-corrected chi connectivity index (χ2v) is 8.55. The number of nitrogens with one attached hydrogen (secondary N) is 3. The summed E-state index contributed by atoms with van der Waals surface area (Å²) in [5, 5.41) is 6.32. The fourth-order valence-corrected chi connectivity index (χ4v) is 5.32. The molecule has 7 nitrogen and oxygen atoms in total. The summed E-state index contributed by atoms with van der Waals surface area (Å²) in [5.74, 6) is 0.645. The van der Waals surface area contributed by atoms with E-state index in [1.165, 1.54) is 38.8 Å². The van der Waals surface area contributed by atoms with Gasteiger partial charge in [-0.1, -0.05) is 0 Å². The summed E-state index contributed by atoms with van der Waals surface area (Å²) in [6.07, 6.45) is 6.15. The molecule has 0 aromatic rings. The van der Waals surface area contributed by atoms with Crippen molar-refractivity contribution in [3.63, 3.8) is 0 Å². The lowest BCUT2D eigenvalue weighted by atomic mass is 9.92. The standard InChI is InChI=1S/C18H35N5O2/c1-13(2)23-7-3-4-15(23)18-20-17(21-25-18)14-5-6-19-16(12-14)22-8-10-24-11-9-22/h13-21H,3-12H2,1-2H3/p+2. The highest BCUT2D eigenvalue weighted by Crippen LogP contribution is 2.22. The van der Waals surface area contributed by atoms with Gasteiger partial charge in [-0.15, -0.1) is 0 Å². The van der Waals surface area contributed by atoms with E-state index in [1.54, 1.807) is 4.90 Å². The van der Waals surface area contributed by atoms with Crippen LogP contribution in [0, 0.1) is 5.92 Å². The van der Waals surface area contributed by atoms with Crippen molar-refractivity contribution >= 4 is 0 Å². The number of quaternary nitrogens is 2. The third kappa shape index (κ3) is 4.03. The van der Waals surface area contributed by atoms with Crippen molar-refractivity contribution in [2.24, 2.45) is 5.92 Å². The van der Waals surface area contributed by atoms with Gasteiger partial charge in [0.15, 0.2) is 6.23 Å². The van der Waals surface area contributed by atoms with Crippen molar-refractivity contribution in [1.29, 1.82) is 0 Å². The maximum absolute atomic E-state index is 6.04. The molecule has 4 aliphatic heterocycles. The van der Waals surface area contributed by atoms with Crippen LogP contribution in [0.1, 0.15) is 39.5 Å². The zero-order chi connectivity index (χ0) is 17.2. The van der Waals surface area contributed by atoms with Gasteiger partial charge in [-0.3, -0.25) is 10.2 Å². The van der Waals surface area contributed by atoms with Crippen LogP contribution in [0.4, 0.5) is 0 Å². The van der Waals surface area contributed by atoms with Crippen LogP contribution < -0.4 is 21.0 Å². The van der Waals surface area contributed by atoms with Gasteiger partial charge in [-0.05, 0) is 13.8 Å². The molecule has 5 N–H and O–H groups in total. The minimum Gasteiger partial charge on any atom is -0.379 e. The average molecular weight is 356 g/mol. The van der Waals surface area contributed by atoms with Gasteiger partial charge in [0.25, 0.3) is 0 Å². The van der Waals surface area contributed by atoms with Crippen molar-refractivity contribution in [2.45, 2.75) is 70.2 Å². The minimum atomic E-state index is 0.164. The van der Waals surface area contributed by atoms with Gasteiger partial charge in [0.1, 0.15) is 12.2 Å². The van der Waals surface area contributed by atoms with Crippen LogP contribution >= 0.6 is 0 Å². The summed E-state index contributed by atoms with van der Waals surface area (Å²) in [6.45, 7) is 11.1. The van der Waals surface area contributed by atoms with Crippen LogP contribution in [-0.4, -0.2) is 74.9 Å². The van der Waals surface area contributed by atoms with E-state index in [2.05, 4.69) is 34.9 Å². The Kier molecular flexibility index (Phi) is 5.91. The zero-order valence-corrected chi connectivity index (χ0v) is 15.9. The summed E-state index contributed by atoms with van der Waals surface area (Å²) in [6, 6.07) is 1.26. The fraction of sp³-hybridized carbons (Fsp3) is 1.00. The number of hydroxylamine groups is 1. The first-order chi connectivity index (χ1) is 12.2. The molecule has 0 bridgehead atoms. The average Bonchev–Trinajstić information content (AvgIpc) is 3.32. The molecule has 4 aliphatic rings. The lowest BCUT2D eigenvalue weighted by molar-refractivity contribution is -0.937. The largest absolute Gasteiger partial charge is 0.379 e. The van der Waals surface area contributed by atoms with Crippen LogP contribution in [-0.2, 0) is 9.57 Å². The van der Waals surface area contributed by atoms with Crippen LogP contribution in [0.25, 0.3) is 0 Å². The van der Waals surface area contributed by atoms with E-state index in [9.17, 15) is 0 Å². The number of nitrogens with zero attached hydrogens (tertiary/aromatic N) is 1. The van der Waals surface area contributed by atoms with Crippen molar-refractivity contribution in [3.05, 3.63) is 0 Å². The van der Waals surface area contributed by atoms with Gasteiger partial charge < -0.3 is 15.0 Å². The van der Waals surface area contributed by atoms with E-state index < -0.39 is 0 Å². The van der Waals surface area contributed by atoms with Gasteiger partial charge in [0.2, 0.25) is 0 Å². The Balaban J connectivity index is 1.32. The van der Waals surface area contributed by atoms with Gasteiger partial charge >= 0.3 is 0 Å². The smallest absolute Gasteiger partial charge is 0.183 e. The molecule has 0 aromatic heterocycles. The van der Waals surface area contributed by atoms with Crippen LogP contribution in [0.5, 0.6) is 0 Å². The topological polar surface area (TPSA) is 66.8 Å². The number of hydrogen-bond donors (Lipinski definition) is 4. The Bertz CT molecular complexity index is 432. The van der Waals surface area contributed by atoms with Gasteiger partial charge in [0.05, 0.1) is 38.5 Å². The predicted molar refractivity (Wildman–Crippen MR) is 94.6 cm³/mol. The lowest BCUT2D eigenvalue weighted by Crippen LogP contribution is -3.18. The number of piperidine rings is 1. The number of ether oxygens (including phenoxy) is 1. The Morgan fingerprint density at radius 3 is 2.84 bits per heavy atom. The minimum absolute atomic E-state index is 0.164. The van der Waals surface area contributed by atoms with Crippen molar-refractivity contribution in [2.75, 3.05) is 39.4 Å². The van der Waals surface area contributed by atoms with E-state index in [4.69, 9.17) is 9.57 Å². The summed E-state index contributed by atoms with van der Waals surface area (Å²) in [7, 11) is 0. The Morgan fingerprint density at radius 2 is 2.04 bits per heavy atom. The normalized spacial score (nSPS) is 43.8. The molecule has 0 aliphatic carbocycles. The van der Waals surface area contributed by atoms with Crippen LogP contribution in [0.2, 0.25) is 0 Å². The number of nitrogens with two attached hydrogens (primary N) is 1. The predicted octanol–water partition coefficient (Wildman–Crippen LogP) is -2.15. The van der Waals surface area contributed by atoms with Crippen LogP contribution in [0.15, 0.2) is 0 Å².